The third-order valence-electron chi connectivity index (χ3n) is 13.2. The predicted octanol–water partition coefficient (Wildman–Crippen LogP) is 0.253. The summed E-state index contributed by atoms with van der Waals surface area (Å²) in [6, 6.07) is 22.7. The average molecular weight is 1130 g/mol. The molecule has 0 spiro atoms. The number of aromatic nitrogens is 1. The van der Waals surface area contributed by atoms with Gasteiger partial charge in [0.1, 0.15) is 42.3 Å². The molecular formula is C56H71N13O9S2. The van der Waals surface area contributed by atoms with Gasteiger partial charge in [-0.3, -0.25) is 43.3 Å². The Morgan fingerprint density at radius 2 is 1.19 bits per heavy atom. The molecule has 1 aromatic heterocycles. The molecule has 17 N–H and O–H groups in total. The van der Waals surface area contributed by atoms with E-state index in [1.54, 1.807) is 111 Å². The number of primary amides is 1. The minimum Gasteiger partial charge on any atom is -0.391 e. The first kappa shape index (κ1) is 61.3. The lowest BCUT2D eigenvalue weighted by Gasteiger charge is -2.35. The zero-order valence-electron chi connectivity index (χ0n) is 44.7. The number of hydrogen-bond acceptors (Lipinski definition) is 13. The number of nitrogens with zero attached hydrogens (tertiary/aromatic N) is 1. The van der Waals surface area contributed by atoms with Crippen LogP contribution in [-0.4, -0.2) is 135 Å². The van der Waals surface area contributed by atoms with E-state index in [2.05, 4.69) is 47.2 Å². The van der Waals surface area contributed by atoms with Crippen molar-refractivity contribution < 1.29 is 43.5 Å². The van der Waals surface area contributed by atoms with Crippen LogP contribution < -0.4 is 60.2 Å². The van der Waals surface area contributed by atoms with Crippen molar-refractivity contribution in [3.05, 3.63) is 144 Å². The summed E-state index contributed by atoms with van der Waals surface area (Å²) in [4.78, 5) is 123. The lowest BCUT2D eigenvalue weighted by molar-refractivity contribution is -0.136. The van der Waals surface area contributed by atoms with E-state index in [0.717, 1.165) is 38.1 Å². The number of carbonyl (C=O) groups is 8. The number of H-pyrrole nitrogens is 1. The quantitative estimate of drug-likeness (QED) is 0.0242. The van der Waals surface area contributed by atoms with Gasteiger partial charge in [-0.25, -0.2) is 0 Å². The molecule has 4 aromatic carbocycles. The number of aliphatic imine (C=N–C) groups is 1. The highest BCUT2D eigenvalue weighted by Crippen LogP contribution is 2.39. The van der Waals surface area contributed by atoms with Gasteiger partial charge < -0.3 is 70.2 Å². The molecular weight excluding hydrogens is 1060 g/mol. The third kappa shape index (κ3) is 18.1. The maximum absolute atomic E-state index is 15.1. The number of nitrogens with two attached hydrogens (primary N) is 4. The summed E-state index contributed by atoms with van der Waals surface area (Å²) >= 11 is 0. The van der Waals surface area contributed by atoms with Crippen LogP contribution in [0.15, 0.2) is 126 Å². The average Bonchev–Trinajstić information content (AvgIpc) is 3.88. The van der Waals surface area contributed by atoms with E-state index in [9.17, 15) is 38.7 Å². The number of hydrogen-bond donors (Lipinski definition) is 13. The molecule has 1 fully saturated rings. The molecule has 1 aliphatic rings. The largest absolute Gasteiger partial charge is 0.391 e. The van der Waals surface area contributed by atoms with E-state index < -0.39 is 106 Å². The van der Waals surface area contributed by atoms with Crippen LogP contribution in [0, 0.1) is 0 Å². The van der Waals surface area contributed by atoms with Gasteiger partial charge in [0.05, 0.1) is 12.1 Å². The lowest BCUT2D eigenvalue weighted by atomic mass is 9.98. The van der Waals surface area contributed by atoms with Gasteiger partial charge in [-0.2, -0.15) is 0 Å². The van der Waals surface area contributed by atoms with Gasteiger partial charge in [-0.15, -0.1) is 0 Å². The molecule has 80 heavy (non-hydrogen) atoms. The predicted molar refractivity (Wildman–Crippen MR) is 309 cm³/mol. The zero-order chi connectivity index (χ0) is 57.9. The Morgan fingerprint density at radius 3 is 1.75 bits per heavy atom. The van der Waals surface area contributed by atoms with Crippen LogP contribution in [0.25, 0.3) is 10.9 Å². The summed E-state index contributed by atoms with van der Waals surface area (Å²) in [6.07, 6.45) is 0.125. The van der Waals surface area contributed by atoms with Crippen LogP contribution in [-0.2, 0) is 64.0 Å². The Bertz CT molecular complexity index is 2960. The molecule has 0 unspecified atom stereocenters. The molecule has 8 amide bonds. The van der Waals surface area contributed by atoms with Crippen molar-refractivity contribution in [3.63, 3.8) is 0 Å². The molecule has 0 aliphatic carbocycles. The summed E-state index contributed by atoms with van der Waals surface area (Å²) in [5.41, 5.74) is 26.7. The van der Waals surface area contributed by atoms with Crippen LogP contribution in [0.1, 0.15) is 55.9 Å². The number of nitrogens with one attached hydrogen (secondary N) is 8. The van der Waals surface area contributed by atoms with Crippen LogP contribution >= 0.6 is 21.6 Å². The van der Waals surface area contributed by atoms with Crippen molar-refractivity contribution in [2.24, 2.45) is 27.9 Å². The fraction of sp³-hybridized carbons (Fsp3) is 0.375. The number of aliphatic hydroxyl groups is 1. The Kier molecular flexibility index (Phi) is 22.5. The molecule has 0 bridgehead atoms. The smallest absolute Gasteiger partial charge is 0.244 e. The van der Waals surface area contributed by atoms with Crippen molar-refractivity contribution in [3.8, 4) is 0 Å². The fourth-order valence-corrected chi connectivity index (χ4v) is 11.7. The summed E-state index contributed by atoms with van der Waals surface area (Å²) < 4.78 is -1.39. The van der Waals surface area contributed by atoms with Crippen molar-refractivity contribution in [2.75, 3.05) is 12.3 Å². The molecule has 426 valence electrons. The first-order valence-electron chi connectivity index (χ1n) is 26.1. The highest BCUT2D eigenvalue weighted by molar-refractivity contribution is 8.77. The highest BCUT2D eigenvalue weighted by atomic mass is 33.1. The van der Waals surface area contributed by atoms with Gasteiger partial charge in [0.15, 0.2) is 5.96 Å². The third-order valence-corrected chi connectivity index (χ3v) is 16.6. The van der Waals surface area contributed by atoms with E-state index in [1.165, 1.54) is 6.92 Å². The van der Waals surface area contributed by atoms with E-state index in [-0.39, 0.29) is 56.8 Å². The lowest BCUT2D eigenvalue weighted by Crippen LogP contribution is -2.64. The minimum absolute atomic E-state index is 0.0486. The molecule has 1 aliphatic heterocycles. The number of carbonyl (C=O) groups excluding carboxylic acids is 8. The second kappa shape index (κ2) is 29.3. The van der Waals surface area contributed by atoms with Crippen molar-refractivity contribution in [1.29, 1.82) is 0 Å². The Balaban J connectivity index is 1.47. The van der Waals surface area contributed by atoms with Gasteiger partial charge in [0, 0.05) is 53.4 Å². The first-order valence-corrected chi connectivity index (χ1v) is 28.4. The number of para-hydroxylation sites is 1. The molecule has 22 nitrogen and oxygen atoms in total. The van der Waals surface area contributed by atoms with Crippen molar-refractivity contribution in [2.45, 2.75) is 118 Å². The standard InChI is InChI=1S/C56H71N13O9S2/c1-32(70)45(47(58)71)68-54(78)46-56(2,3)80-79-31-44(67-48(72)38(57)26-33-16-7-4-8-17-33)53(77)65-42(28-35-20-11-6-12-21-35)51(75)64-41(27-34-18-9-5-10-19-34)50(74)63-40(24-15-25-61-55(59)60)49(73)66-43(52(76)69-46)29-36-30-62-39-23-14-13-22-37(36)39/h4-14,16-23,30,32,38,40-46,62,70H,15,24-29,31,57H2,1-3H3,(H2,58,71)(H,63,74)(H,64,75)(H,65,77)(H,66,73)(H,67,72)(H,68,78)(H,69,76)(H4,59,60,61)/t32-,38-,40+,41-,42+,43+,44+,45+,46+/m1/s1. The molecule has 6 rings (SSSR count). The SMILES string of the molecule is C[C@@H](O)[C@H](NC(=O)[C@@H]1NC(=O)[C@H](Cc2c[nH]c3ccccc23)NC(=O)[C@H](CCCN=C(N)N)NC(=O)[C@@H](Cc2ccccc2)NC(=O)[C@H](Cc2ccccc2)NC(=O)[C@@H](NC(=O)[C@H](N)Cc2ccccc2)CSSC1(C)C)C(N)=O. The topological polar surface area (TPSA) is 373 Å². The van der Waals surface area contributed by atoms with Gasteiger partial charge in [-0.05, 0) is 68.4 Å². The molecule has 2 heterocycles. The molecule has 0 radical (unpaired) electrons. The number of aromatic amines is 1. The summed E-state index contributed by atoms with van der Waals surface area (Å²) in [6.45, 7) is 4.51. The van der Waals surface area contributed by atoms with E-state index >= 15 is 4.79 Å². The number of fused-ring (bicyclic) bond motifs is 1. The zero-order valence-corrected chi connectivity index (χ0v) is 46.3. The van der Waals surface area contributed by atoms with Crippen molar-refractivity contribution >= 4 is 85.7 Å². The number of rotatable bonds is 18. The van der Waals surface area contributed by atoms with Gasteiger partial charge in [0.2, 0.25) is 47.3 Å². The second-order valence-corrected chi connectivity index (χ2v) is 23.0. The van der Waals surface area contributed by atoms with E-state index in [1.807, 2.05) is 24.3 Å². The van der Waals surface area contributed by atoms with E-state index in [0.29, 0.717) is 16.7 Å². The molecule has 9 atom stereocenters. The molecule has 5 aromatic rings. The van der Waals surface area contributed by atoms with E-state index in [4.69, 9.17) is 22.9 Å². The van der Waals surface area contributed by atoms with Gasteiger partial charge in [-0.1, -0.05) is 131 Å². The van der Waals surface area contributed by atoms with Gasteiger partial charge in [0.25, 0.3) is 0 Å². The molecule has 0 saturated carbocycles. The maximum atomic E-state index is 15.1. The van der Waals surface area contributed by atoms with Crippen LogP contribution in [0.3, 0.4) is 0 Å². The summed E-state index contributed by atoms with van der Waals surface area (Å²) in [5, 5.41) is 30.6. The number of amides is 8. The summed E-state index contributed by atoms with van der Waals surface area (Å²) in [5.74, 6) is -7.16. The Hall–Kier alpha value is -7.93. The molecule has 1 saturated heterocycles. The minimum atomic E-state index is -1.60. The maximum Gasteiger partial charge on any atom is 0.244 e. The fourth-order valence-electron chi connectivity index (χ4n) is 8.90. The number of aliphatic hydroxyl groups excluding tert-OH is 1. The Morgan fingerprint density at radius 1 is 0.688 bits per heavy atom. The first-order chi connectivity index (χ1) is 38.2. The number of benzene rings is 4. The second-order valence-electron chi connectivity index (χ2n) is 20.0. The van der Waals surface area contributed by atoms with Gasteiger partial charge >= 0.3 is 0 Å². The van der Waals surface area contributed by atoms with Crippen LogP contribution in [0.4, 0.5) is 0 Å². The van der Waals surface area contributed by atoms with Crippen LogP contribution in [0.2, 0.25) is 0 Å². The summed E-state index contributed by atoms with van der Waals surface area (Å²) in [7, 11) is 2.07. The molecule has 24 heteroatoms. The highest BCUT2D eigenvalue weighted by Gasteiger charge is 2.42. The Labute approximate surface area is 471 Å². The number of guanidine groups is 1. The van der Waals surface area contributed by atoms with Crippen LogP contribution in [0.5, 0.6) is 0 Å². The normalized spacial score (nSPS) is 21.6. The monoisotopic (exact) mass is 1130 g/mol. The van der Waals surface area contributed by atoms with Crippen molar-refractivity contribution in [1.82, 2.24) is 42.2 Å².